The van der Waals surface area contributed by atoms with Gasteiger partial charge in [0.2, 0.25) is 35.4 Å². The smallest absolute Gasteiger partial charge is 0.394 e. The number of likely N-dealkylation sites (tertiary alicyclic amines) is 1. The van der Waals surface area contributed by atoms with E-state index in [1.807, 2.05) is 0 Å². The van der Waals surface area contributed by atoms with E-state index in [1.165, 1.54) is 20.8 Å². The van der Waals surface area contributed by atoms with Gasteiger partial charge in [-0.3, -0.25) is 61.8 Å². The van der Waals surface area contributed by atoms with Gasteiger partial charge in [0.15, 0.2) is 18.9 Å². The molecule has 4 fully saturated rings. The highest BCUT2D eigenvalue weighted by Gasteiger charge is 2.48. The maximum absolute atomic E-state index is 14.2. The molecular formula is C86H151N6O33P. The Hall–Kier alpha value is -5.44. The number of carbonyl (C=O) groups excluding carboxylic acids is 11. The Morgan fingerprint density at radius 3 is 1.12 bits per heavy atom. The summed E-state index contributed by atoms with van der Waals surface area (Å²) in [5.74, 6) is -2.25. The summed E-state index contributed by atoms with van der Waals surface area (Å²) < 4.78 is 75.3. The van der Waals surface area contributed by atoms with Gasteiger partial charge in [0.25, 0.3) is 0 Å². The first-order valence-electron chi connectivity index (χ1n) is 45.6. The lowest BCUT2D eigenvalue weighted by Crippen LogP contribution is -2.64. The van der Waals surface area contributed by atoms with Crippen molar-refractivity contribution in [2.75, 3.05) is 106 Å². The molecule has 39 nitrogen and oxygen atoms in total. The van der Waals surface area contributed by atoms with E-state index >= 15 is 0 Å². The lowest BCUT2D eigenvalue weighted by Gasteiger charge is -2.42. The summed E-state index contributed by atoms with van der Waals surface area (Å²) in [5, 5.41) is 105. The topological polar surface area (TPSA) is 572 Å². The zero-order valence-corrected chi connectivity index (χ0v) is 75.7. The van der Waals surface area contributed by atoms with E-state index in [2.05, 4.69) is 26.6 Å². The molecule has 4 rings (SSSR count). The lowest BCUT2D eigenvalue weighted by atomic mass is 9.83. The molecule has 4 saturated heterocycles. The second-order valence-corrected chi connectivity index (χ2v) is 35.3. The monoisotopic (exact) mass is 1830 g/mol. The number of nitrogens with zero attached hydrogens (tertiary/aromatic N) is 1. The van der Waals surface area contributed by atoms with Gasteiger partial charge >= 0.3 is 7.82 Å². The number of ether oxygens (including phenoxy) is 9. The first kappa shape index (κ1) is 113. The molecule has 15 N–H and O–H groups in total. The Morgan fingerprint density at radius 1 is 0.413 bits per heavy atom. The van der Waals surface area contributed by atoms with Crippen molar-refractivity contribution in [3.8, 4) is 0 Å². The Labute approximate surface area is 741 Å². The van der Waals surface area contributed by atoms with Crippen molar-refractivity contribution in [1.29, 1.82) is 0 Å². The molecule has 0 aromatic heterocycles. The number of aliphatic hydroxyl groups excluding tert-OH is 9. The quantitative estimate of drug-likeness (QED) is 0.0307. The van der Waals surface area contributed by atoms with Crippen LogP contribution in [-0.2, 0) is 109 Å². The number of carbonyl (C=O) groups is 11. The van der Waals surface area contributed by atoms with E-state index in [1.54, 1.807) is 18.7 Å². The van der Waals surface area contributed by atoms with Crippen LogP contribution >= 0.6 is 7.82 Å². The normalized spacial score (nSPS) is 24.7. The molecule has 9 unspecified atom stereocenters. The lowest BCUT2D eigenvalue weighted by molar-refractivity contribution is -0.270. The number of ketones is 5. The van der Waals surface area contributed by atoms with Gasteiger partial charge in [0.1, 0.15) is 102 Å². The SMILES string of the molecule is CC(=O)NC1[C@H](OCCCCC(=O)CCCCCC(=O)CCOCC(COCCC(=O)CCCCNC(=O)CCCCO[C@@H]2OC(CO)[C@H](O)[C@H](O)C2NC(C)=O)(COCCC(=O)NCCCCC(=O)CCCCO[C@@H]2OC(CO)[C@H](O)[C@H](O)C2NC(C)=O)CC(=O)CCCCCCCCCCC(=O)N2CCCC2COP(=O)(O)OC(C)C)OC(CO)[C@H](O)[C@@H]1O. The Morgan fingerprint density at radius 2 is 0.738 bits per heavy atom. The molecular weight excluding hydrogens is 1680 g/mol. The molecule has 0 aromatic rings. The molecule has 4 heterocycles. The number of phosphoric ester groups is 1. The van der Waals surface area contributed by atoms with Crippen molar-refractivity contribution in [3.05, 3.63) is 0 Å². The first-order valence-corrected chi connectivity index (χ1v) is 47.1. The highest BCUT2D eigenvalue weighted by Crippen LogP contribution is 2.45. The zero-order valence-electron chi connectivity index (χ0n) is 74.8. The number of hydrogen-bond acceptors (Lipinski definition) is 32. The van der Waals surface area contributed by atoms with Crippen LogP contribution in [0.15, 0.2) is 0 Å². The van der Waals surface area contributed by atoms with Gasteiger partial charge < -0.3 is 125 Å². The highest BCUT2D eigenvalue weighted by atomic mass is 31.2. The molecule has 4 aliphatic rings. The van der Waals surface area contributed by atoms with Crippen LogP contribution < -0.4 is 26.6 Å². The van der Waals surface area contributed by atoms with E-state index in [-0.39, 0.29) is 196 Å². The van der Waals surface area contributed by atoms with Crippen LogP contribution in [0.5, 0.6) is 0 Å². The molecule has 18 atom stereocenters. The fourth-order valence-electron chi connectivity index (χ4n) is 15.3. The minimum atomic E-state index is -4.24. The van der Waals surface area contributed by atoms with Crippen molar-refractivity contribution >= 4 is 72.2 Å². The molecule has 6 amide bonds. The van der Waals surface area contributed by atoms with E-state index in [9.17, 15) is 108 Å². The second-order valence-electron chi connectivity index (χ2n) is 33.9. The van der Waals surface area contributed by atoms with E-state index in [4.69, 9.17) is 51.7 Å². The number of amides is 6. The van der Waals surface area contributed by atoms with Crippen LogP contribution in [0.2, 0.25) is 0 Å². The fraction of sp³-hybridized carbons (Fsp3) is 0.872. The summed E-state index contributed by atoms with van der Waals surface area (Å²) >= 11 is 0. The predicted octanol–water partition coefficient (Wildman–Crippen LogP) is 2.78. The van der Waals surface area contributed by atoms with Gasteiger partial charge in [-0.1, -0.05) is 44.9 Å². The largest absolute Gasteiger partial charge is 0.472 e. The Kier molecular flexibility index (Phi) is 57.7. The van der Waals surface area contributed by atoms with E-state index in [0.29, 0.717) is 129 Å². The molecule has 4 aliphatic heterocycles. The Balaban J connectivity index is 1.31. The third-order valence-electron chi connectivity index (χ3n) is 22.3. The minimum Gasteiger partial charge on any atom is -0.394 e. The molecule has 0 radical (unpaired) electrons. The van der Waals surface area contributed by atoms with Crippen LogP contribution in [-0.4, -0.2) is 330 Å². The van der Waals surface area contributed by atoms with Crippen LogP contribution in [0, 0.1) is 5.41 Å². The predicted molar refractivity (Wildman–Crippen MR) is 454 cm³/mol. The number of rotatable bonds is 73. The van der Waals surface area contributed by atoms with Crippen LogP contribution in [0.4, 0.5) is 0 Å². The standard InChI is InChI=1S/C86H151N6O33P/c1-58(2)125-126(113,114)121-54-62-28-27-43-92(62)73(106)37-16-11-9-7-6-8-10-13-35-67(103)50-86(55-115-47-38-65(101)30-15-12-14-29-63(99)33-19-24-44-118-83-74(89-59(3)96)80(110)77(107)68(51-93)122-83,56-116-48-39-66(102)32-18-23-41-87-71(104)36-21-26-46-120-85-76(91-61(5)98)82(112)79(109)70(53-95)124-85)57-117-49-40-72(105)88-42-22-17-31-64(100)34-20-25-45-119-84-75(90-60(4)97)81(111)78(108)69(52-94)123-84/h58,62,68-70,74-85,93-95,107-112H,6-57H2,1-5H3,(H,87,104)(H,88,105)(H,89,96)(H,90,97)(H,91,98)(H,113,114)/t62?,68?,69?,70?,74?,75?,76?,77-,78-,79-,80+,81+,82+,83+,84+,85+,86?/m0/s1. The maximum Gasteiger partial charge on any atom is 0.472 e. The molecule has 0 aliphatic carbocycles. The molecule has 0 bridgehead atoms. The van der Waals surface area contributed by atoms with Gasteiger partial charge in [0.05, 0.1) is 78.2 Å². The summed E-state index contributed by atoms with van der Waals surface area (Å²) in [6.45, 7) is 6.20. The highest BCUT2D eigenvalue weighted by molar-refractivity contribution is 7.47. The van der Waals surface area contributed by atoms with Crippen LogP contribution in [0.1, 0.15) is 266 Å². The summed E-state index contributed by atoms with van der Waals surface area (Å²) in [4.78, 5) is 153. The van der Waals surface area contributed by atoms with Crippen molar-refractivity contribution in [3.63, 3.8) is 0 Å². The van der Waals surface area contributed by atoms with Gasteiger partial charge in [-0.2, -0.15) is 0 Å². The number of Topliss-reactive ketones (excluding diaryl/α,β-unsaturated/α-hetero) is 5. The molecule has 126 heavy (non-hydrogen) atoms. The van der Waals surface area contributed by atoms with Gasteiger partial charge in [-0.15, -0.1) is 0 Å². The van der Waals surface area contributed by atoms with Crippen molar-refractivity contribution < 1.29 is 160 Å². The first-order chi connectivity index (χ1) is 60.2. The molecule has 0 aromatic carbocycles. The van der Waals surface area contributed by atoms with Gasteiger partial charge in [-0.25, -0.2) is 4.57 Å². The van der Waals surface area contributed by atoms with Gasteiger partial charge in [0, 0.05) is 149 Å². The average Bonchev–Trinajstić information content (AvgIpc) is 0.838. The van der Waals surface area contributed by atoms with Crippen LogP contribution in [0.25, 0.3) is 0 Å². The number of hydrogen-bond donors (Lipinski definition) is 15. The number of unbranched alkanes of at least 4 members (excludes halogenated alkanes) is 14. The Bertz CT molecular complexity index is 2980. The molecule has 728 valence electrons. The van der Waals surface area contributed by atoms with E-state index in [0.717, 1.165) is 44.9 Å². The summed E-state index contributed by atoms with van der Waals surface area (Å²) in [6, 6.07) is -3.56. The fourth-order valence-corrected chi connectivity index (χ4v) is 16.3. The number of phosphoric acid groups is 1. The average molecular weight is 1830 g/mol. The summed E-state index contributed by atoms with van der Waals surface area (Å²) in [7, 11) is -4.24. The molecule has 0 spiro atoms. The third kappa shape index (κ3) is 46.6. The second kappa shape index (κ2) is 64.4. The number of aliphatic hydroxyl groups is 9. The van der Waals surface area contributed by atoms with Crippen molar-refractivity contribution in [1.82, 2.24) is 31.5 Å². The molecule has 0 saturated carbocycles. The van der Waals surface area contributed by atoms with Gasteiger partial charge in [-0.05, 0) is 117 Å². The summed E-state index contributed by atoms with van der Waals surface area (Å²) in [5.41, 5.74) is -1.14. The third-order valence-corrected chi connectivity index (χ3v) is 23.5. The summed E-state index contributed by atoms with van der Waals surface area (Å²) in [6.07, 6.45) is 0.481. The van der Waals surface area contributed by atoms with Crippen molar-refractivity contribution in [2.24, 2.45) is 5.41 Å². The van der Waals surface area contributed by atoms with Crippen LogP contribution in [0.3, 0.4) is 0 Å². The maximum atomic E-state index is 14.2. The zero-order chi connectivity index (χ0) is 92.8. The molecule has 40 heteroatoms. The van der Waals surface area contributed by atoms with Crippen molar-refractivity contribution in [2.45, 2.75) is 370 Å². The van der Waals surface area contributed by atoms with E-state index < -0.39 is 149 Å². The minimum absolute atomic E-state index is 0.00447. The number of nitrogens with one attached hydrogen (secondary N) is 5.